The van der Waals surface area contributed by atoms with Crippen molar-refractivity contribution >= 4 is 23.2 Å². The van der Waals surface area contributed by atoms with Crippen LogP contribution in [-0.4, -0.2) is 5.11 Å². The Balaban J connectivity index is 0.00000121. The summed E-state index contributed by atoms with van der Waals surface area (Å²) in [6.45, 7) is 0.111. The maximum absolute atomic E-state index is 9.10. The molecule has 2 nitrogen and oxygen atoms in total. The minimum Gasteiger partial charge on any atom is -0.674 e. The third kappa shape index (κ3) is 3.05. The zero-order chi connectivity index (χ0) is 8.43. The van der Waals surface area contributed by atoms with Crippen LogP contribution in [-0.2, 0) is 6.54 Å². The summed E-state index contributed by atoms with van der Waals surface area (Å²) in [7, 11) is 0. The van der Waals surface area contributed by atoms with Gasteiger partial charge in [-0.3, -0.25) is 0 Å². The Labute approximate surface area is 117 Å². The Hall–Kier alpha value is 1.00. The summed E-state index contributed by atoms with van der Waals surface area (Å²) in [6.07, 6.45) is 0. The molecule has 0 amide bonds. The van der Waals surface area contributed by atoms with Gasteiger partial charge in [-0.2, -0.15) is 0 Å². The molecular weight excluding hydrogens is 412 g/mol. The summed E-state index contributed by atoms with van der Waals surface area (Å²) in [5.41, 5.74) is 7.70. The van der Waals surface area contributed by atoms with Crippen LogP contribution in [0.3, 0.4) is 0 Å². The maximum atomic E-state index is 9.10. The Morgan fingerprint density at radius 3 is 2.00 bits per heavy atom. The molecule has 2 N–H and O–H groups in total. The van der Waals surface area contributed by atoms with Crippen LogP contribution in [0, 0.1) is 44.1 Å². The van der Waals surface area contributed by atoms with Gasteiger partial charge < -0.3 is 10.8 Å². The molecule has 1 rings (SSSR count). The minimum absolute atomic E-state index is 0. The molecule has 0 aliphatic rings. The van der Waals surface area contributed by atoms with Crippen molar-refractivity contribution in [3.63, 3.8) is 0 Å². The van der Waals surface area contributed by atoms with Crippen molar-refractivity contribution in [1.29, 1.82) is 0 Å². The first-order valence-corrected chi connectivity index (χ1v) is 3.72. The van der Waals surface area contributed by atoms with Gasteiger partial charge in [0.2, 0.25) is 0 Å². The van der Waals surface area contributed by atoms with E-state index < -0.39 is 0 Å². The van der Waals surface area contributed by atoms with Crippen LogP contribution in [0.1, 0.15) is 5.56 Å². The maximum Gasteiger partial charge on any atom is 0.152 e. The van der Waals surface area contributed by atoms with Gasteiger partial charge >= 0.3 is 0 Å². The van der Waals surface area contributed by atoms with E-state index in [1.54, 1.807) is 0 Å². The first-order valence-electron chi connectivity index (χ1n) is 2.96. The first kappa shape index (κ1) is 13.0. The SMILES string of the molecule is [Ac].[NH-]Cc1cc(Cl)c(O)c(Cl)c1. The van der Waals surface area contributed by atoms with Gasteiger partial charge in [-0.15, -0.1) is 6.54 Å². The molecule has 0 saturated carbocycles. The monoisotopic (exact) mass is 417 g/mol. The summed E-state index contributed by atoms with van der Waals surface area (Å²) >= 11 is 11.2. The summed E-state index contributed by atoms with van der Waals surface area (Å²) in [4.78, 5) is 0. The van der Waals surface area contributed by atoms with E-state index in [9.17, 15) is 0 Å². The molecule has 0 unspecified atom stereocenters. The normalized spacial score (nSPS) is 9.25. The molecular formula is C7H6AcCl2NO-. The fraction of sp³-hybridized carbons (Fsp3) is 0.143. The van der Waals surface area contributed by atoms with Crippen molar-refractivity contribution < 1.29 is 49.2 Å². The molecule has 1 aromatic rings. The second kappa shape index (κ2) is 5.67. The van der Waals surface area contributed by atoms with Crippen LogP contribution in [0.5, 0.6) is 5.75 Å². The van der Waals surface area contributed by atoms with Crippen molar-refractivity contribution in [3.05, 3.63) is 33.5 Å². The van der Waals surface area contributed by atoms with Crippen LogP contribution in [0.4, 0.5) is 0 Å². The smallest absolute Gasteiger partial charge is 0.152 e. The second-order valence-corrected chi connectivity index (χ2v) is 2.90. The Bertz CT molecular complexity index is 257. The molecule has 63 valence electrons. The van der Waals surface area contributed by atoms with Crippen LogP contribution in [0.2, 0.25) is 10.0 Å². The number of nitrogens with one attached hydrogen (secondary N) is 1. The number of hydrogen-bond donors (Lipinski definition) is 1. The molecule has 0 heterocycles. The zero-order valence-corrected chi connectivity index (χ0v) is 12.4. The van der Waals surface area contributed by atoms with Gasteiger partial charge in [-0.1, -0.05) is 28.8 Å². The number of phenolic OH excluding ortho intramolecular Hbond substituents is 1. The van der Waals surface area contributed by atoms with E-state index in [2.05, 4.69) is 0 Å². The van der Waals surface area contributed by atoms with Gasteiger partial charge in [0.25, 0.3) is 0 Å². The molecule has 0 atom stereocenters. The first-order chi connectivity index (χ1) is 5.15. The molecule has 0 saturated heterocycles. The number of halogens is 2. The molecule has 0 aliphatic carbocycles. The van der Waals surface area contributed by atoms with E-state index in [1.165, 1.54) is 12.1 Å². The van der Waals surface area contributed by atoms with Gasteiger partial charge in [-0.05, 0) is 12.1 Å². The predicted molar refractivity (Wildman–Crippen MR) is 46.2 cm³/mol. The summed E-state index contributed by atoms with van der Waals surface area (Å²) in [6, 6.07) is 3.05. The van der Waals surface area contributed by atoms with E-state index >= 15 is 0 Å². The minimum atomic E-state index is -0.120. The van der Waals surface area contributed by atoms with Crippen LogP contribution in [0.15, 0.2) is 12.1 Å². The fourth-order valence-electron chi connectivity index (χ4n) is 0.720. The van der Waals surface area contributed by atoms with E-state index in [1.807, 2.05) is 0 Å². The van der Waals surface area contributed by atoms with Gasteiger partial charge in [0.15, 0.2) is 5.75 Å². The zero-order valence-electron chi connectivity index (χ0n) is 6.14. The summed E-state index contributed by atoms with van der Waals surface area (Å²) in [5, 5.41) is 9.49. The average molecular weight is 418 g/mol. The molecule has 0 spiro atoms. The van der Waals surface area contributed by atoms with Crippen molar-refractivity contribution in [2.75, 3.05) is 0 Å². The topological polar surface area (TPSA) is 44.0 Å². The van der Waals surface area contributed by atoms with E-state index in [0.29, 0.717) is 5.56 Å². The fourth-order valence-corrected chi connectivity index (χ4v) is 1.25. The van der Waals surface area contributed by atoms with Crippen molar-refractivity contribution in [1.82, 2.24) is 0 Å². The van der Waals surface area contributed by atoms with E-state index in [-0.39, 0.29) is 66.4 Å². The number of phenols is 1. The number of rotatable bonds is 1. The summed E-state index contributed by atoms with van der Waals surface area (Å²) < 4.78 is 0. The van der Waals surface area contributed by atoms with E-state index in [0.717, 1.165) is 0 Å². The van der Waals surface area contributed by atoms with Gasteiger partial charge in [0, 0.05) is 44.1 Å². The molecule has 12 heavy (non-hydrogen) atoms. The number of hydrogen-bond acceptors (Lipinski definition) is 1. The van der Waals surface area contributed by atoms with Crippen LogP contribution < -0.4 is 0 Å². The Morgan fingerprint density at radius 1 is 1.25 bits per heavy atom. The molecule has 0 bridgehead atoms. The quantitative estimate of drug-likeness (QED) is 0.748. The molecule has 1 aromatic carbocycles. The van der Waals surface area contributed by atoms with Crippen LogP contribution in [0.25, 0.3) is 5.73 Å². The third-order valence-corrected chi connectivity index (χ3v) is 1.86. The standard InChI is InChI=1S/C7H6Cl2NO.Ac/c8-5-1-4(3-10)2-6(9)7(5)11;/h1-2,10-11H,3H2;/q-1;. The van der Waals surface area contributed by atoms with Crippen molar-refractivity contribution in [2.45, 2.75) is 6.54 Å². The molecule has 5 heteroatoms. The third-order valence-electron chi connectivity index (χ3n) is 1.28. The average Bonchev–Trinajstić information content (AvgIpc) is 1.99. The molecule has 0 aromatic heterocycles. The van der Waals surface area contributed by atoms with Crippen molar-refractivity contribution in [2.24, 2.45) is 0 Å². The van der Waals surface area contributed by atoms with Gasteiger partial charge in [0.1, 0.15) is 0 Å². The Morgan fingerprint density at radius 2 is 1.67 bits per heavy atom. The Kier molecular flexibility index (Phi) is 6.15. The second-order valence-electron chi connectivity index (χ2n) is 2.08. The molecule has 0 aliphatic heterocycles. The number of aromatic hydroxyl groups is 1. The van der Waals surface area contributed by atoms with Gasteiger partial charge in [-0.25, -0.2) is 0 Å². The predicted octanol–water partition coefficient (Wildman–Crippen LogP) is 3.25. The largest absolute Gasteiger partial charge is 0.674 e. The summed E-state index contributed by atoms with van der Waals surface area (Å²) in [5.74, 6) is -0.120. The number of benzene rings is 1. The molecule has 0 fully saturated rings. The van der Waals surface area contributed by atoms with Crippen LogP contribution >= 0.6 is 23.2 Å². The molecule has 1 radical (unpaired) electrons. The van der Waals surface area contributed by atoms with Gasteiger partial charge in [0.05, 0.1) is 10.0 Å². The van der Waals surface area contributed by atoms with E-state index in [4.69, 9.17) is 34.0 Å². The van der Waals surface area contributed by atoms with Crippen molar-refractivity contribution in [3.8, 4) is 5.75 Å².